The molecule has 0 saturated carbocycles. The van der Waals surface area contributed by atoms with Gasteiger partial charge in [0.1, 0.15) is 5.01 Å². The van der Waals surface area contributed by atoms with Crippen LogP contribution in [0.5, 0.6) is 0 Å². The Morgan fingerprint density at radius 2 is 2.13 bits per heavy atom. The van der Waals surface area contributed by atoms with Crippen molar-refractivity contribution in [2.45, 2.75) is 33.7 Å². The van der Waals surface area contributed by atoms with Gasteiger partial charge in [-0.3, -0.25) is 4.90 Å². The predicted molar refractivity (Wildman–Crippen MR) is 65.3 cm³/mol. The van der Waals surface area contributed by atoms with Crippen LogP contribution >= 0.6 is 22.9 Å². The minimum absolute atomic E-state index is 0.532. The summed E-state index contributed by atoms with van der Waals surface area (Å²) in [6.45, 7) is 9.69. The molecule has 1 aromatic rings. The molecule has 0 amide bonds. The van der Waals surface area contributed by atoms with Gasteiger partial charge in [-0.1, -0.05) is 38.5 Å². The first kappa shape index (κ1) is 12.9. The van der Waals surface area contributed by atoms with Gasteiger partial charge < -0.3 is 0 Å². The molecular weight excluding hydrogens is 230 g/mol. The highest BCUT2D eigenvalue weighted by Crippen LogP contribution is 2.17. The topological polar surface area (TPSA) is 29.0 Å². The quantitative estimate of drug-likeness (QED) is 0.774. The van der Waals surface area contributed by atoms with Crippen LogP contribution < -0.4 is 0 Å². The first-order chi connectivity index (χ1) is 7.15. The molecule has 0 radical (unpaired) electrons. The zero-order valence-electron chi connectivity index (χ0n) is 9.53. The van der Waals surface area contributed by atoms with Crippen LogP contribution in [0.3, 0.4) is 0 Å². The van der Waals surface area contributed by atoms with Gasteiger partial charge in [0.2, 0.25) is 4.47 Å². The SMILES string of the molecule is CCC(C)CN(CC)Cc1nnc(Cl)s1. The van der Waals surface area contributed by atoms with E-state index in [9.17, 15) is 0 Å². The summed E-state index contributed by atoms with van der Waals surface area (Å²) in [4.78, 5) is 2.38. The first-order valence-electron chi connectivity index (χ1n) is 5.35. The highest BCUT2D eigenvalue weighted by atomic mass is 35.5. The molecular formula is C10H18ClN3S. The average molecular weight is 248 g/mol. The summed E-state index contributed by atoms with van der Waals surface area (Å²) in [5.74, 6) is 0.730. The lowest BCUT2D eigenvalue weighted by atomic mass is 10.1. The molecule has 0 aliphatic rings. The van der Waals surface area contributed by atoms with E-state index in [2.05, 4.69) is 35.9 Å². The van der Waals surface area contributed by atoms with E-state index in [-0.39, 0.29) is 0 Å². The second-order valence-corrected chi connectivity index (χ2v) is 5.43. The fourth-order valence-electron chi connectivity index (χ4n) is 1.36. The third-order valence-electron chi connectivity index (χ3n) is 2.52. The Kier molecular flexibility index (Phi) is 5.50. The van der Waals surface area contributed by atoms with Crippen molar-refractivity contribution in [2.24, 2.45) is 5.92 Å². The number of hydrogen-bond acceptors (Lipinski definition) is 4. The largest absolute Gasteiger partial charge is 0.297 e. The van der Waals surface area contributed by atoms with Gasteiger partial charge in [0, 0.05) is 6.54 Å². The van der Waals surface area contributed by atoms with Gasteiger partial charge in [0.05, 0.1) is 6.54 Å². The van der Waals surface area contributed by atoms with Gasteiger partial charge in [-0.2, -0.15) is 0 Å². The Labute approximate surface area is 100 Å². The zero-order chi connectivity index (χ0) is 11.3. The Balaban J connectivity index is 2.46. The molecule has 3 nitrogen and oxygen atoms in total. The molecule has 1 atom stereocenters. The van der Waals surface area contributed by atoms with E-state index in [0.717, 1.165) is 30.6 Å². The number of rotatable bonds is 6. The lowest BCUT2D eigenvalue weighted by Gasteiger charge is -2.22. The van der Waals surface area contributed by atoms with Crippen molar-refractivity contribution < 1.29 is 0 Å². The monoisotopic (exact) mass is 247 g/mol. The predicted octanol–water partition coefficient (Wildman–Crippen LogP) is 3.06. The van der Waals surface area contributed by atoms with E-state index >= 15 is 0 Å². The van der Waals surface area contributed by atoms with Gasteiger partial charge in [-0.05, 0) is 24.1 Å². The maximum absolute atomic E-state index is 5.75. The van der Waals surface area contributed by atoms with Crippen LogP contribution in [0.2, 0.25) is 4.47 Å². The van der Waals surface area contributed by atoms with Crippen molar-refractivity contribution in [1.29, 1.82) is 0 Å². The molecule has 1 heterocycles. The van der Waals surface area contributed by atoms with Gasteiger partial charge in [0.15, 0.2) is 0 Å². The molecule has 5 heteroatoms. The van der Waals surface area contributed by atoms with Crippen LogP contribution in [-0.4, -0.2) is 28.2 Å². The molecule has 86 valence electrons. The molecule has 0 aliphatic heterocycles. The Morgan fingerprint density at radius 3 is 2.60 bits per heavy atom. The summed E-state index contributed by atoms with van der Waals surface area (Å²) in [5, 5.41) is 8.85. The summed E-state index contributed by atoms with van der Waals surface area (Å²) >= 11 is 7.21. The third kappa shape index (κ3) is 4.45. The summed E-state index contributed by atoms with van der Waals surface area (Å²) in [6.07, 6.45) is 1.22. The first-order valence-corrected chi connectivity index (χ1v) is 6.55. The van der Waals surface area contributed by atoms with Crippen LogP contribution in [0.4, 0.5) is 0 Å². The van der Waals surface area contributed by atoms with E-state index in [1.807, 2.05) is 0 Å². The zero-order valence-corrected chi connectivity index (χ0v) is 11.1. The standard InChI is InChI=1S/C10H18ClN3S/c1-4-8(3)6-14(5-2)7-9-12-13-10(11)15-9/h8H,4-7H2,1-3H3. The number of aromatic nitrogens is 2. The molecule has 0 N–H and O–H groups in total. The van der Waals surface area contributed by atoms with Crippen molar-refractivity contribution in [3.8, 4) is 0 Å². The van der Waals surface area contributed by atoms with Crippen molar-refractivity contribution in [3.05, 3.63) is 9.47 Å². The Morgan fingerprint density at radius 1 is 1.40 bits per heavy atom. The van der Waals surface area contributed by atoms with Crippen LogP contribution in [0, 0.1) is 5.92 Å². The number of halogens is 1. The average Bonchev–Trinajstić information content (AvgIpc) is 2.62. The smallest absolute Gasteiger partial charge is 0.207 e. The van der Waals surface area contributed by atoms with Gasteiger partial charge in [-0.25, -0.2) is 0 Å². The maximum Gasteiger partial charge on any atom is 0.207 e. The van der Waals surface area contributed by atoms with Crippen molar-refractivity contribution in [2.75, 3.05) is 13.1 Å². The van der Waals surface area contributed by atoms with Gasteiger partial charge in [-0.15, -0.1) is 10.2 Å². The van der Waals surface area contributed by atoms with Crippen LogP contribution in [0.25, 0.3) is 0 Å². The summed E-state index contributed by atoms with van der Waals surface area (Å²) in [6, 6.07) is 0. The molecule has 1 aromatic heterocycles. The summed E-state index contributed by atoms with van der Waals surface area (Å²) < 4.78 is 0.532. The number of nitrogens with zero attached hydrogens (tertiary/aromatic N) is 3. The molecule has 1 rings (SSSR count). The van der Waals surface area contributed by atoms with Crippen LogP contribution in [-0.2, 0) is 6.54 Å². The Hall–Kier alpha value is -0.190. The molecule has 0 bridgehead atoms. The second kappa shape index (κ2) is 6.40. The molecule has 0 fully saturated rings. The van der Waals surface area contributed by atoms with Gasteiger partial charge >= 0.3 is 0 Å². The lowest BCUT2D eigenvalue weighted by Crippen LogP contribution is -2.27. The third-order valence-corrected chi connectivity index (χ3v) is 3.52. The van der Waals surface area contributed by atoms with Crippen molar-refractivity contribution in [1.82, 2.24) is 15.1 Å². The van der Waals surface area contributed by atoms with Crippen molar-refractivity contribution >= 4 is 22.9 Å². The molecule has 0 aromatic carbocycles. The van der Waals surface area contributed by atoms with E-state index in [0.29, 0.717) is 4.47 Å². The molecule has 15 heavy (non-hydrogen) atoms. The van der Waals surface area contributed by atoms with E-state index in [1.54, 1.807) is 0 Å². The normalized spacial score (nSPS) is 13.4. The molecule has 0 saturated heterocycles. The fraction of sp³-hybridized carbons (Fsp3) is 0.800. The summed E-state index contributed by atoms with van der Waals surface area (Å²) in [7, 11) is 0. The summed E-state index contributed by atoms with van der Waals surface area (Å²) in [5.41, 5.74) is 0. The van der Waals surface area contributed by atoms with Crippen LogP contribution in [0.15, 0.2) is 0 Å². The molecule has 1 unspecified atom stereocenters. The highest BCUT2D eigenvalue weighted by Gasteiger charge is 2.10. The van der Waals surface area contributed by atoms with E-state index < -0.39 is 0 Å². The minimum atomic E-state index is 0.532. The van der Waals surface area contributed by atoms with Crippen LogP contribution in [0.1, 0.15) is 32.2 Å². The highest BCUT2D eigenvalue weighted by molar-refractivity contribution is 7.15. The molecule has 0 aliphatic carbocycles. The van der Waals surface area contributed by atoms with Gasteiger partial charge in [0.25, 0.3) is 0 Å². The van der Waals surface area contributed by atoms with Crippen molar-refractivity contribution in [3.63, 3.8) is 0 Å². The minimum Gasteiger partial charge on any atom is -0.297 e. The second-order valence-electron chi connectivity index (χ2n) is 3.79. The molecule has 0 spiro atoms. The Bertz CT molecular complexity index is 290. The maximum atomic E-state index is 5.75. The fourth-order valence-corrected chi connectivity index (χ4v) is 2.27. The van der Waals surface area contributed by atoms with E-state index in [4.69, 9.17) is 11.6 Å². The lowest BCUT2D eigenvalue weighted by molar-refractivity contribution is 0.237. The van der Waals surface area contributed by atoms with E-state index in [1.165, 1.54) is 17.8 Å². The number of hydrogen-bond donors (Lipinski definition) is 0.